The number of rotatable bonds is 4. The van der Waals surface area contributed by atoms with Crippen LogP contribution in [0, 0.1) is 5.82 Å². The third-order valence-electron chi connectivity index (χ3n) is 2.30. The van der Waals surface area contributed by atoms with Crippen LogP contribution in [0.4, 0.5) is 4.39 Å². The molecule has 1 N–H and O–H groups in total. The summed E-state index contributed by atoms with van der Waals surface area (Å²) in [6, 6.07) is 4.89. The van der Waals surface area contributed by atoms with Crippen molar-refractivity contribution >= 4 is 44.0 Å². The summed E-state index contributed by atoms with van der Waals surface area (Å²) in [4.78, 5) is 0. The Labute approximate surface area is 118 Å². The molecule has 0 amide bonds. The lowest BCUT2D eigenvalue weighted by atomic mass is 10.1. The van der Waals surface area contributed by atoms with Gasteiger partial charge in [-0.15, -0.1) is 0 Å². The third kappa shape index (κ3) is 3.10. The van der Waals surface area contributed by atoms with Crippen LogP contribution in [0.1, 0.15) is 18.6 Å². The van der Waals surface area contributed by atoms with Crippen molar-refractivity contribution in [3.8, 4) is 0 Å². The van der Waals surface area contributed by atoms with Crippen molar-refractivity contribution in [3.05, 3.63) is 35.6 Å². The number of aliphatic hydroxyl groups excluding tert-OH is 1. The summed E-state index contributed by atoms with van der Waals surface area (Å²) in [5, 5.41) is 9.96. The van der Waals surface area contributed by atoms with E-state index in [2.05, 4.69) is 0 Å². The van der Waals surface area contributed by atoms with Crippen LogP contribution in [-0.4, -0.2) is 21.5 Å². The van der Waals surface area contributed by atoms with Crippen molar-refractivity contribution < 1.29 is 17.9 Å². The fraction of sp³-hybridized carbons (Fsp3) is 0.400. The van der Waals surface area contributed by atoms with E-state index in [0.29, 0.717) is 0 Å². The second-order valence-corrected chi connectivity index (χ2v) is 9.76. The number of benzene rings is 1. The number of hydrogen-bond donors (Lipinski definition) is 1. The quantitative estimate of drug-likeness (QED) is 0.633. The van der Waals surface area contributed by atoms with Crippen molar-refractivity contribution in [1.82, 2.24) is 0 Å². The van der Waals surface area contributed by atoms with Crippen LogP contribution in [0.2, 0.25) is 0 Å². The highest BCUT2D eigenvalue weighted by molar-refractivity contribution is 14.1. The van der Waals surface area contributed by atoms with Gasteiger partial charge in [-0.25, -0.2) is 12.8 Å². The van der Waals surface area contributed by atoms with Gasteiger partial charge >= 0.3 is 0 Å². The standard InChI is InChI=1S/C10H11ClFIO3S/c1-2-17(15,16)10(11,13)9(14)7-3-5-8(12)6-4-7/h3-6,9,14H,2H2,1H3/t9-,10+/m1/s1. The number of sulfone groups is 1. The first kappa shape index (κ1) is 15.1. The first-order valence-electron chi connectivity index (χ1n) is 4.76. The molecule has 7 heteroatoms. The molecule has 0 fully saturated rings. The molecule has 0 aromatic heterocycles. The summed E-state index contributed by atoms with van der Waals surface area (Å²) in [5.74, 6) is -0.648. The molecule has 0 unspecified atom stereocenters. The minimum Gasteiger partial charge on any atom is -0.385 e. The van der Waals surface area contributed by atoms with Gasteiger partial charge in [0.05, 0.1) is 5.75 Å². The Balaban J connectivity index is 3.12. The van der Waals surface area contributed by atoms with Crippen molar-refractivity contribution in [2.45, 2.75) is 15.2 Å². The zero-order chi connectivity index (χ0) is 13.3. The van der Waals surface area contributed by atoms with Crippen molar-refractivity contribution in [1.29, 1.82) is 0 Å². The molecule has 1 rings (SSSR count). The van der Waals surface area contributed by atoms with Gasteiger partial charge in [0.1, 0.15) is 11.9 Å². The van der Waals surface area contributed by atoms with Gasteiger partial charge in [0, 0.05) is 0 Å². The number of halogens is 3. The molecule has 0 aliphatic carbocycles. The monoisotopic (exact) mass is 392 g/mol. The van der Waals surface area contributed by atoms with Gasteiger partial charge < -0.3 is 5.11 Å². The number of alkyl halides is 2. The second kappa shape index (κ2) is 5.38. The van der Waals surface area contributed by atoms with Gasteiger partial charge in [-0.1, -0.05) is 30.7 Å². The molecule has 0 radical (unpaired) electrons. The predicted octanol–water partition coefficient (Wildman–Crippen LogP) is 2.62. The largest absolute Gasteiger partial charge is 0.385 e. The molecule has 0 aliphatic heterocycles. The summed E-state index contributed by atoms with van der Waals surface area (Å²) in [5.41, 5.74) is 0.257. The normalized spacial score (nSPS) is 17.5. The molecule has 0 heterocycles. The minimum absolute atomic E-state index is 0.183. The molecule has 0 aliphatic rings. The van der Waals surface area contributed by atoms with Crippen LogP contribution >= 0.6 is 34.2 Å². The smallest absolute Gasteiger partial charge is 0.225 e. The zero-order valence-electron chi connectivity index (χ0n) is 8.90. The van der Waals surface area contributed by atoms with Gasteiger partial charge in [0.25, 0.3) is 0 Å². The van der Waals surface area contributed by atoms with E-state index in [1.165, 1.54) is 41.6 Å². The first-order valence-corrected chi connectivity index (χ1v) is 7.87. The van der Waals surface area contributed by atoms with Crippen LogP contribution in [0.3, 0.4) is 0 Å². The Kier molecular flexibility index (Phi) is 4.79. The minimum atomic E-state index is -3.65. The zero-order valence-corrected chi connectivity index (χ0v) is 12.6. The molecule has 1 aromatic carbocycles. The Morgan fingerprint density at radius 1 is 1.47 bits per heavy atom. The summed E-state index contributed by atoms with van der Waals surface area (Å²) in [6.45, 7) is 1.45. The second-order valence-electron chi connectivity index (χ2n) is 3.42. The maximum atomic E-state index is 12.7. The highest BCUT2D eigenvalue weighted by Crippen LogP contribution is 2.43. The number of aliphatic hydroxyl groups is 1. The van der Waals surface area contributed by atoms with E-state index in [1.54, 1.807) is 0 Å². The van der Waals surface area contributed by atoms with E-state index in [4.69, 9.17) is 11.6 Å². The summed E-state index contributed by atoms with van der Waals surface area (Å²) in [6.07, 6.45) is -1.42. The van der Waals surface area contributed by atoms with Crippen molar-refractivity contribution in [2.75, 3.05) is 5.75 Å². The van der Waals surface area contributed by atoms with Crippen LogP contribution < -0.4 is 0 Å². The molecule has 96 valence electrons. The Morgan fingerprint density at radius 2 is 1.94 bits per heavy atom. The topological polar surface area (TPSA) is 54.4 Å². The highest BCUT2D eigenvalue weighted by Gasteiger charge is 2.45. The molecule has 0 saturated heterocycles. The van der Waals surface area contributed by atoms with Gasteiger partial charge in [0.15, 0.2) is 9.84 Å². The molecule has 2 atom stereocenters. The van der Waals surface area contributed by atoms with E-state index in [0.717, 1.165) is 12.1 Å². The fourth-order valence-electron chi connectivity index (χ4n) is 1.20. The summed E-state index contributed by atoms with van der Waals surface area (Å²) >= 11 is 7.40. The fourth-order valence-corrected chi connectivity index (χ4v) is 3.81. The van der Waals surface area contributed by atoms with Crippen LogP contribution in [-0.2, 0) is 9.84 Å². The van der Waals surface area contributed by atoms with E-state index in [9.17, 15) is 17.9 Å². The van der Waals surface area contributed by atoms with Crippen LogP contribution in [0.25, 0.3) is 0 Å². The average molecular weight is 393 g/mol. The van der Waals surface area contributed by atoms with Crippen LogP contribution in [0.15, 0.2) is 24.3 Å². The number of hydrogen-bond acceptors (Lipinski definition) is 3. The molecule has 3 nitrogen and oxygen atoms in total. The molecule has 1 aromatic rings. The van der Waals surface area contributed by atoms with Crippen LogP contribution in [0.5, 0.6) is 0 Å². The van der Waals surface area contributed by atoms with Crippen molar-refractivity contribution in [2.24, 2.45) is 0 Å². The van der Waals surface area contributed by atoms with E-state index >= 15 is 0 Å². The van der Waals surface area contributed by atoms with Gasteiger partial charge in [-0.05, 0) is 40.3 Å². The van der Waals surface area contributed by atoms with E-state index < -0.39 is 24.0 Å². The molecule has 0 bridgehead atoms. The molecule has 0 spiro atoms. The van der Waals surface area contributed by atoms with E-state index in [1.807, 2.05) is 0 Å². The highest BCUT2D eigenvalue weighted by atomic mass is 127. The first-order chi connectivity index (χ1) is 7.72. The molecule has 17 heavy (non-hydrogen) atoms. The van der Waals surface area contributed by atoms with Gasteiger partial charge in [-0.2, -0.15) is 0 Å². The predicted molar refractivity (Wildman–Crippen MR) is 73.4 cm³/mol. The Morgan fingerprint density at radius 3 is 2.35 bits per heavy atom. The van der Waals surface area contributed by atoms with Gasteiger partial charge in [0.2, 0.25) is 2.21 Å². The summed E-state index contributed by atoms with van der Waals surface area (Å²) < 4.78 is 34.3. The maximum Gasteiger partial charge on any atom is 0.225 e. The molecular formula is C10H11ClFIO3S. The lowest BCUT2D eigenvalue weighted by Gasteiger charge is -2.25. The van der Waals surface area contributed by atoms with Gasteiger partial charge in [-0.3, -0.25) is 0 Å². The Bertz CT molecular complexity index is 487. The van der Waals surface area contributed by atoms with E-state index in [-0.39, 0.29) is 11.3 Å². The lowest BCUT2D eigenvalue weighted by molar-refractivity contribution is 0.187. The molecular weight excluding hydrogens is 382 g/mol. The molecule has 0 saturated carbocycles. The lowest BCUT2D eigenvalue weighted by Crippen LogP contribution is -2.34. The average Bonchev–Trinajstić information content (AvgIpc) is 2.28. The Hall–Kier alpha value is 0.0800. The SMILES string of the molecule is CCS(=O)(=O)[C@@](Cl)(I)[C@H](O)c1ccc(F)cc1. The third-order valence-corrected chi connectivity index (χ3v) is 7.63. The van der Waals surface area contributed by atoms with Crippen molar-refractivity contribution in [3.63, 3.8) is 0 Å². The maximum absolute atomic E-state index is 12.7. The summed E-state index contributed by atoms with van der Waals surface area (Å²) in [7, 11) is -3.65.